The number of rotatable bonds is 5. The van der Waals surface area contributed by atoms with Crippen molar-refractivity contribution in [1.29, 1.82) is 0 Å². The van der Waals surface area contributed by atoms with E-state index in [2.05, 4.69) is 0 Å². The number of Topliss-reactive ketones (excluding diaryl/α,β-unsaturated/α-hetero) is 1. The van der Waals surface area contributed by atoms with E-state index in [0.717, 1.165) is 0 Å². The van der Waals surface area contributed by atoms with Crippen molar-refractivity contribution in [1.82, 2.24) is 0 Å². The molecule has 0 aliphatic carbocycles. The highest BCUT2D eigenvalue weighted by molar-refractivity contribution is 5.72. The maximum atomic E-state index is 9.44. The SMILES string of the molecule is CC(C)=O.OC[C@@H](O)[C@@H](O)[C@H](O)[C@H](O)CO. The molecule has 98 valence electrons. The smallest absolute Gasteiger partial charge is 0.126 e. The summed E-state index contributed by atoms with van der Waals surface area (Å²) in [7, 11) is 0. The van der Waals surface area contributed by atoms with Crippen LogP contribution >= 0.6 is 0 Å². The largest absolute Gasteiger partial charge is 0.394 e. The lowest BCUT2D eigenvalue weighted by molar-refractivity contribution is -0.123. The van der Waals surface area contributed by atoms with E-state index in [4.69, 9.17) is 30.6 Å². The van der Waals surface area contributed by atoms with E-state index in [9.17, 15) is 4.79 Å². The molecule has 6 N–H and O–H groups in total. The van der Waals surface area contributed by atoms with Crippen LogP contribution in [0, 0.1) is 0 Å². The Hall–Kier alpha value is -0.570. The van der Waals surface area contributed by atoms with Crippen molar-refractivity contribution in [3.8, 4) is 0 Å². The molecule has 0 radical (unpaired) electrons. The minimum atomic E-state index is -1.67. The van der Waals surface area contributed by atoms with Crippen LogP contribution in [-0.4, -0.2) is 74.1 Å². The first-order valence-corrected chi connectivity index (χ1v) is 4.69. The van der Waals surface area contributed by atoms with Crippen LogP contribution in [0.4, 0.5) is 0 Å². The molecule has 16 heavy (non-hydrogen) atoms. The number of ketones is 1. The van der Waals surface area contributed by atoms with E-state index >= 15 is 0 Å². The summed E-state index contributed by atoms with van der Waals surface area (Å²) in [5.74, 6) is 0.167. The lowest BCUT2D eigenvalue weighted by atomic mass is 10.0. The van der Waals surface area contributed by atoms with E-state index in [1.165, 1.54) is 13.8 Å². The van der Waals surface area contributed by atoms with Gasteiger partial charge in [0.15, 0.2) is 0 Å². The summed E-state index contributed by atoms with van der Waals surface area (Å²) in [6, 6.07) is 0. The Kier molecular flexibility index (Phi) is 10.7. The zero-order chi connectivity index (χ0) is 13.3. The summed E-state index contributed by atoms with van der Waals surface area (Å²) in [4.78, 5) is 9.44. The first-order chi connectivity index (χ1) is 7.27. The molecule has 7 nitrogen and oxygen atoms in total. The fraction of sp³-hybridized carbons (Fsp3) is 0.889. The molecule has 0 aliphatic rings. The van der Waals surface area contributed by atoms with Crippen LogP contribution in [-0.2, 0) is 4.79 Å². The van der Waals surface area contributed by atoms with Gasteiger partial charge in [-0.2, -0.15) is 0 Å². The van der Waals surface area contributed by atoms with Gasteiger partial charge in [-0.05, 0) is 13.8 Å². The molecule has 0 aliphatic heterocycles. The molecule has 0 saturated heterocycles. The molecule has 0 spiro atoms. The van der Waals surface area contributed by atoms with Crippen LogP contribution in [0.25, 0.3) is 0 Å². The Morgan fingerprint density at radius 2 is 1.06 bits per heavy atom. The van der Waals surface area contributed by atoms with E-state index in [1.54, 1.807) is 0 Å². The Balaban J connectivity index is 0. The second-order valence-corrected chi connectivity index (χ2v) is 3.39. The van der Waals surface area contributed by atoms with Gasteiger partial charge >= 0.3 is 0 Å². The molecule has 0 aromatic carbocycles. The first kappa shape index (κ1) is 17.8. The summed E-state index contributed by atoms with van der Waals surface area (Å²) < 4.78 is 0. The van der Waals surface area contributed by atoms with Crippen LogP contribution in [0.5, 0.6) is 0 Å². The van der Waals surface area contributed by atoms with Crippen molar-refractivity contribution in [2.75, 3.05) is 13.2 Å². The quantitative estimate of drug-likeness (QED) is 0.301. The van der Waals surface area contributed by atoms with Gasteiger partial charge < -0.3 is 35.4 Å². The molecule has 0 heterocycles. The van der Waals surface area contributed by atoms with Crippen molar-refractivity contribution in [2.45, 2.75) is 38.3 Å². The lowest BCUT2D eigenvalue weighted by Crippen LogP contribution is -2.46. The van der Waals surface area contributed by atoms with Gasteiger partial charge in [-0.3, -0.25) is 0 Å². The third kappa shape index (κ3) is 8.72. The third-order valence-electron chi connectivity index (χ3n) is 1.51. The van der Waals surface area contributed by atoms with Crippen LogP contribution in [0.3, 0.4) is 0 Å². The molecule has 0 unspecified atom stereocenters. The van der Waals surface area contributed by atoms with E-state index in [-0.39, 0.29) is 5.78 Å². The topological polar surface area (TPSA) is 138 Å². The summed E-state index contributed by atoms with van der Waals surface area (Å²) >= 11 is 0. The van der Waals surface area contributed by atoms with Crippen LogP contribution < -0.4 is 0 Å². The Morgan fingerprint density at radius 1 is 0.875 bits per heavy atom. The summed E-state index contributed by atoms with van der Waals surface area (Å²) in [6.45, 7) is 1.60. The van der Waals surface area contributed by atoms with Gasteiger partial charge in [-0.15, -0.1) is 0 Å². The van der Waals surface area contributed by atoms with Gasteiger partial charge in [-0.25, -0.2) is 0 Å². The van der Waals surface area contributed by atoms with Gasteiger partial charge in [0.2, 0.25) is 0 Å². The molecular formula is C9H20O7. The van der Waals surface area contributed by atoms with Crippen LogP contribution in [0.15, 0.2) is 0 Å². The van der Waals surface area contributed by atoms with Crippen LogP contribution in [0.2, 0.25) is 0 Å². The molecule has 4 atom stereocenters. The van der Waals surface area contributed by atoms with Gasteiger partial charge in [0.05, 0.1) is 13.2 Å². The third-order valence-corrected chi connectivity index (χ3v) is 1.51. The second-order valence-electron chi connectivity index (χ2n) is 3.39. The van der Waals surface area contributed by atoms with Crippen molar-refractivity contribution in [3.63, 3.8) is 0 Å². The predicted molar refractivity (Wildman–Crippen MR) is 54.6 cm³/mol. The lowest BCUT2D eigenvalue weighted by Gasteiger charge is -2.24. The molecule has 0 rings (SSSR count). The summed E-state index contributed by atoms with van der Waals surface area (Å²) in [5.41, 5.74) is 0. The monoisotopic (exact) mass is 240 g/mol. The normalized spacial score (nSPS) is 17.8. The standard InChI is InChI=1S/C6H14O6.C3H6O/c7-1-3(9)5(11)6(12)4(10)2-8;1-3(2)4/h3-12H,1-2H2;1-2H3/t3-,4-,5-,6-;/m1./s1. The molecule has 0 fully saturated rings. The maximum Gasteiger partial charge on any atom is 0.126 e. The minimum Gasteiger partial charge on any atom is -0.394 e. The number of aliphatic hydroxyl groups is 6. The van der Waals surface area contributed by atoms with Gasteiger partial charge in [0.1, 0.15) is 30.2 Å². The Bertz CT molecular complexity index is 167. The first-order valence-electron chi connectivity index (χ1n) is 4.69. The summed E-state index contributed by atoms with van der Waals surface area (Å²) in [6.07, 6.45) is -6.39. The van der Waals surface area contributed by atoms with Gasteiger partial charge in [-0.1, -0.05) is 0 Å². The molecule has 0 amide bonds. The van der Waals surface area contributed by atoms with Crippen molar-refractivity contribution in [2.24, 2.45) is 0 Å². The van der Waals surface area contributed by atoms with Crippen LogP contribution in [0.1, 0.15) is 13.8 Å². The number of carbonyl (C=O) groups excluding carboxylic acids is 1. The van der Waals surface area contributed by atoms with Gasteiger partial charge in [0.25, 0.3) is 0 Å². The Morgan fingerprint density at radius 3 is 1.19 bits per heavy atom. The predicted octanol–water partition coefficient (Wildman–Crippen LogP) is -2.99. The zero-order valence-electron chi connectivity index (χ0n) is 9.32. The number of hydrogen-bond acceptors (Lipinski definition) is 7. The summed E-state index contributed by atoms with van der Waals surface area (Å²) in [5, 5.41) is 52.2. The fourth-order valence-corrected chi connectivity index (χ4v) is 0.671. The molecule has 0 aromatic rings. The van der Waals surface area contributed by atoms with Crippen molar-refractivity contribution in [3.05, 3.63) is 0 Å². The highest BCUT2D eigenvalue weighted by Crippen LogP contribution is 2.03. The zero-order valence-corrected chi connectivity index (χ0v) is 9.32. The Labute approximate surface area is 93.6 Å². The van der Waals surface area contributed by atoms with Crippen molar-refractivity contribution < 1.29 is 35.4 Å². The molecule has 0 aromatic heterocycles. The molecular weight excluding hydrogens is 220 g/mol. The molecule has 0 bridgehead atoms. The maximum absolute atomic E-state index is 9.44. The number of carbonyl (C=O) groups is 1. The van der Waals surface area contributed by atoms with Gasteiger partial charge in [0, 0.05) is 0 Å². The van der Waals surface area contributed by atoms with E-state index < -0.39 is 37.6 Å². The second kappa shape index (κ2) is 9.64. The fourth-order valence-electron chi connectivity index (χ4n) is 0.671. The minimum absolute atomic E-state index is 0.167. The average Bonchev–Trinajstić information content (AvgIpc) is 2.24. The van der Waals surface area contributed by atoms with E-state index in [0.29, 0.717) is 0 Å². The number of hydrogen-bond donors (Lipinski definition) is 6. The van der Waals surface area contributed by atoms with E-state index in [1.807, 2.05) is 0 Å². The highest BCUT2D eigenvalue weighted by Gasteiger charge is 2.29. The van der Waals surface area contributed by atoms with Crippen molar-refractivity contribution >= 4 is 5.78 Å². The molecule has 7 heteroatoms. The molecule has 0 saturated carbocycles. The average molecular weight is 240 g/mol. The highest BCUT2D eigenvalue weighted by atomic mass is 16.4. The number of aliphatic hydroxyl groups excluding tert-OH is 6.